The highest BCUT2D eigenvalue weighted by Crippen LogP contribution is 2.14. The van der Waals surface area contributed by atoms with E-state index in [1.807, 2.05) is 13.8 Å². The molecule has 0 radical (unpaired) electrons. The quantitative estimate of drug-likeness (QED) is 0.783. The van der Waals surface area contributed by atoms with Gasteiger partial charge in [-0.05, 0) is 44.0 Å². The fourth-order valence-corrected chi connectivity index (χ4v) is 2.31. The number of ether oxygens (including phenoxy) is 1. The molecule has 0 aliphatic rings. The Morgan fingerprint density at radius 3 is 2.21 bits per heavy atom. The fraction of sp³-hybridized carbons (Fsp3) is 0.600. The highest BCUT2D eigenvalue weighted by atomic mass is 19.1. The Kier molecular flexibility index (Phi) is 6.95. The zero-order valence-corrected chi connectivity index (χ0v) is 11.9. The standard InChI is InChI=1S/C15H23F2NO/c1-4-15(19-6-3)14(18-5-2)9-11-7-12(16)10-13(17)8-11/h7-8,10,14-15,18H,4-6,9H2,1-3H3. The molecule has 1 aromatic rings. The van der Waals surface area contributed by atoms with E-state index in [1.165, 1.54) is 12.1 Å². The molecule has 0 aliphatic heterocycles. The van der Waals surface area contributed by atoms with Crippen LogP contribution in [-0.4, -0.2) is 25.3 Å². The van der Waals surface area contributed by atoms with Crippen molar-refractivity contribution in [1.29, 1.82) is 0 Å². The smallest absolute Gasteiger partial charge is 0.126 e. The summed E-state index contributed by atoms with van der Waals surface area (Å²) < 4.78 is 32.1. The van der Waals surface area contributed by atoms with Crippen molar-refractivity contribution < 1.29 is 13.5 Å². The molecule has 2 atom stereocenters. The van der Waals surface area contributed by atoms with E-state index >= 15 is 0 Å². The molecule has 0 heterocycles. The van der Waals surface area contributed by atoms with Crippen LogP contribution in [0.15, 0.2) is 18.2 Å². The van der Waals surface area contributed by atoms with Gasteiger partial charge in [-0.3, -0.25) is 0 Å². The molecule has 0 saturated heterocycles. The van der Waals surface area contributed by atoms with Crippen molar-refractivity contribution in [2.75, 3.05) is 13.2 Å². The molecule has 108 valence electrons. The molecule has 2 unspecified atom stereocenters. The predicted octanol–water partition coefficient (Wildman–Crippen LogP) is 3.30. The van der Waals surface area contributed by atoms with E-state index in [4.69, 9.17) is 4.74 Å². The third-order valence-corrected chi connectivity index (χ3v) is 3.08. The second-order valence-electron chi connectivity index (χ2n) is 4.55. The SMILES string of the molecule is CCNC(Cc1cc(F)cc(F)c1)C(CC)OCC. The molecule has 19 heavy (non-hydrogen) atoms. The first kappa shape index (κ1) is 16.1. The summed E-state index contributed by atoms with van der Waals surface area (Å²) in [6, 6.07) is 3.72. The second kappa shape index (κ2) is 8.23. The average Bonchev–Trinajstić information content (AvgIpc) is 2.34. The number of nitrogens with one attached hydrogen (secondary N) is 1. The summed E-state index contributed by atoms with van der Waals surface area (Å²) in [5.74, 6) is -1.07. The summed E-state index contributed by atoms with van der Waals surface area (Å²) in [6.45, 7) is 7.45. The van der Waals surface area contributed by atoms with Crippen molar-refractivity contribution in [1.82, 2.24) is 5.32 Å². The number of rotatable bonds is 8. The van der Waals surface area contributed by atoms with E-state index in [0.29, 0.717) is 18.6 Å². The van der Waals surface area contributed by atoms with Crippen LogP contribution in [-0.2, 0) is 11.2 Å². The molecule has 0 fully saturated rings. The van der Waals surface area contributed by atoms with Crippen molar-refractivity contribution in [2.24, 2.45) is 0 Å². The Hall–Kier alpha value is -1.00. The predicted molar refractivity (Wildman–Crippen MR) is 73.2 cm³/mol. The van der Waals surface area contributed by atoms with Crippen LogP contribution in [0.3, 0.4) is 0 Å². The van der Waals surface area contributed by atoms with E-state index in [1.54, 1.807) is 0 Å². The highest BCUT2D eigenvalue weighted by Gasteiger charge is 2.20. The van der Waals surface area contributed by atoms with Gasteiger partial charge >= 0.3 is 0 Å². The van der Waals surface area contributed by atoms with Gasteiger partial charge in [0.1, 0.15) is 11.6 Å². The Bertz CT molecular complexity index is 364. The van der Waals surface area contributed by atoms with Gasteiger partial charge in [-0.2, -0.15) is 0 Å². The first-order chi connectivity index (χ1) is 9.10. The van der Waals surface area contributed by atoms with Gasteiger partial charge in [0.2, 0.25) is 0 Å². The van der Waals surface area contributed by atoms with Gasteiger partial charge < -0.3 is 10.1 Å². The molecule has 0 aromatic heterocycles. The Morgan fingerprint density at radius 1 is 1.11 bits per heavy atom. The monoisotopic (exact) mass is 271 g/mol. The minimum atomic E-state index is -0.533. The van der Waals surface area contributed by atoms with Gasteiger partial charge in [0, 0.05) is 18.7 Å². The third-order valence-electron chi connectivity index (χ3n) is 3.08. The molecule has 1 N–H and O–H groups in total. The Labute approximate surface area is 114 Å². The maximum Gasteiger partial charge on any atom is 0.126 e. The van der Waals surface area contributed by atoms with Crippen molar-refractivity contribution in [2.45, 2.75) is 45.8 Å². The second-order valence-corrected chi connectivity index (χ2v) is 4.55. The Balaban J connectivity index is 2.81. The molecule has 1 rings (SSSR count). The molecule has 2 nitrogen and oxygen atoms in total. The van der Waals surface area contributed by atoms with Crippen LogP contribution < -0.4 is 5.32 Å². The van der Waals surface area contributed by atoms with E-state index in [0.717, 1.165) is 19.0 Å². The van der Waals surface area contributed by atoms with Crippen LogP contribution in [0.1, 0.15) is 32.8 Å². The summed E-state index contributed by atoms with van der Waals surface area (Å²) in [4.78, 5) is 0. The third kappa shape index (κ3) is 5.25. The van der Waals surface area contributed by atoms with Gasteiger partial charge in [-0.1, -0.05) is 13.8 Å². The van der Waals surface area contributed by atoms with Crippen molar-refractivity contribution in [3.05, 3.63) is 35.4 Å². The van der Waals surface area contributed by atoms with Crippen LogP contribution in [0, 0.1) is 11.6 Å². The molecule has 0 saturated carbocycles. The molecule has 0 aliphatic carbocycles. The normalized spacial score (nSPS) is 14.4. The van der Waals surface area contributed by atoms with Crippen molar-refractivity contribution >= 4 is 0 Å². The molecular weight excluding hydrogens is 248 g/mol. The lowest BCUT2D eigenvalue weighted by Crippen LogP contribution is -2.42. The fourth-order valence-electron chi connectivity index (χ4n) is 2.31. The van der Waals surface area contributed by atoms with Crippen LogP contribution in [0.25, 0.3) is 0 Å². The summed E-state index contributed by atoms with van der Waals surface area (Å²) in [6.07, 6.45) is 1.47. The van der Waals surface area contributed by atoms with Gasteiger partial charge in [-0.25, -0.2) is 8.78 Å². The summed E-state index contributed by atoms with van der Waals surface area (Å²) >= 11 is 0. The maximum atomic E-state index is 13.2. The zero-order chi connectivity index (χ0) is 14.3. The Morgan fingerprint density at radius 2 is 1.74 bits per heavy atom. The molecule has 0 bridgehead atoms. The van der Waals surface area contributed by atoms with Gasteiger partial charge in [-0.15, -0.1) is 0 Å². The van der Waals surface area contributed by atoms with Gasteiger partial charge in [0.15, 0.2) is 0 Å². The first-order valence-electron chi connectivity index (χ1n) is 6.90. The topological polar surface area (TPSA) is 21.3 Å². The number of halogens is 2. The molecular formula is C15H23F2NO. The van der Waals surface area contributed by atoms with E-state index in [9.17, 15) is 8.78 Å². The van der Waals surface area contributed by atoms with Crippen LogP contribution >= 0.6 is 0 Å². The lowest BCUT2D eigenvalue weighted by molar-refractivity contribution is 0.0323. The number of hydrogen-bond acceptors (Lipinski definition) is 2. The molecule has 0 spiro atoms. The van der Waals surface area contributed by atoms with Crippen LogP contribution in [0.2, 0.25) is 0 Å². The summed E-state index contributed by atoms with van der Waals surface area (Å²) in [5, 5.41) is 3.34. The van der Waals surface area contributed by atoms with E-state index in [2.05, 4.69) is 12.2 Å². The van der Waals surface area contributed by atoms with Crippen LogP contribution in [0.5, 0.6) is 0 Å². The lowest BCUT2D eigenvalue weighted by atomic mass is 9.99. The lowest BCUT2D eigenvalue weighted by Gasteiger charge is -2.27. The number of benzene rings is 1. The highest BCUT2D eigenvalue weighted by molar-refractivity contribution is 5.19. The van der Waals surface area contributed by atoms with Crippen molar-refractivity contribution in [3.8, 4) is 0 Å². The minimum absolute atomic E-state index is 0.0521. The zero-order valence-electron chi connectivity index (χ0n) is 11.9. The van der Waals surface area contributed by atoms with E-state index < -0.39 is 11.6 Å². The maximum absolute atomic E-state index is 13.2. The van der Waals surface area contributed by atoms with E-state index in [-0.39, 0.29) is 12.1 Å². The summed E-state index contributed by atoms with van der Waals surface area (Å²) in [7, 11) is 0. The minimum Gasteiger partial charge on any atom is -0.377 e. The average molecular weight is 271 g/mol. The molecule has 0 amide bonds. The van der Waals surface area contributed by atoms with Crippen molar-refractivity contribution in [3.63, 3.8) is 0 Å². The van der Waals surface area contributed by atoms with Crippen LogP contribution in [0.4, 0.5) is 8.78 Å². The number of likely N-dealkylation sites (N-methyl/N-ethyl adjacent to an activating group) is 1. The largest absolute Gasteiger partial charge is 0.377 e. The summed E-state index contributed by atoms with van der Waals surface area (Å²) in [5.41, 5.74) is 0.654. The first-order valence-corrected chi connectivity index (χ1v) is 6.90. The van der Waals surface area contributed by atoms with Gasteiger partial charge in [0.25, 0.3) is 0 Å². The molecule has 1 aromatic carbocycles. The molecule has 4 heteroatoms. The van der Waals surface area contributed by atoms with Gasteiger partial charge in [0.05, 0.1) is 6.10 Å². The number of hydrogen-bond donors (Lipinski definition) is 1.